The number of para-hydroxylation sites is 2. The predicted molar refractivity (Wildman–Crippen MR) is 87.5 cm³/mol. The van der Waals surface area contributed by atoms with Crippen LogP contribution in [0.25, 0.3) is 17.1 Å². The molecule has 0 radical (unpaired) electrons. The molecule has 0 bridgehead atoms. The molecule has 0 aliphatic carbocycles. The number of esters is 1. The first-order chi connectivity index (χ1) is 11.1. The zero-order valence-electron chi connectivity index (χ0n) is 13.2. The number of nitrogens with zero attached hydrogens (tertiary/aromatic N) is 3. The number of benzene rings is 1. The van der Waals surface area contributed by atoms with E-state index in [2.05, 4.69) is 14.7 Å². The van der Waals surface area contributed by atoms with Crippen molar-refractivity contribution in [2.24, 2.45) is 0 Å². The molecule has 0 spiro atoms. The van der Waals surface area contributed by atoms with Crippen molar-refractivity contribution in [2.75, 3.05) is 20.7 Å². The molecule has 1 heterocycles. The molecule has 1 amide bonds. The third-order valence-corrected chi connectivity index (χ3v) is 3.34. The largest absolute Gasteiger partial charge is 0.469 e. The number of carbonyl (C=O) groups excluding carboxylic acids is 2. The van der Waals surface area contributed by atoms with Gasteiger partial charge in [0.05, 0.1) is 30.0 Å². The van der Waals surface area contributed by atoms with Crippen molar-refractivity contribution in [2.45, 2.75) is 12.8 Å². The predicted octanol–water partition coefficient (Wildman–Crippen LogP) is 2.05. The molecule has 1 aromatic heterocycles. The van der Waals surface area contributed by atoms with Crippen LogP contribution < -0.4 is 0 Å². The maximum Gasteiger partial charge on any atom is 0.305 e. The number of fused-ring (bicyclic) bond motifs is 1. The molecule has 6 nitrogen and oxygen atoms in total. The summed E-state index contributed by atoms with van der Waals surface area (Å²) in [6.07, 6.45) is 5.59. The highest BCUT2D eigenvalue weighted by Crippen LogP contribution is 2.09. The third kappa shape index (κ3) is 4.88. The van der Waals surface area contributed by atoms with Gasteiger partial charge in [-0.25, -0.2) is 4.98 Å². The van der Waals surface area contributed by atoms with E-state index in [4.69, 9.17) is 0 Å². The van der Waals surface area contributed by atoms with Crippen LogP contribution in [0.15, 0.2) is 36.5 Å². The first kappa shape index (κ1) is 16.6. The minimum absolute atomic E-state index is 0.148. The molecule has 6 heteroatoms. The van der Waals surface area contributed by atoms with E-state index in [1.165, 1.54) is 13.2 Å². The quantitative estimate of drug-likeness (QED) is 0.603. The van der Waals surface area contributed by atoms with E-state index < -0.39 is 0 Å². The van der Waals surface area contributed by atoms with Crippen LogP contribution >= 0.6 is 0 Å². The molecule has 120 valence electrons. The van der Waals surface area contributed by atoms with Crippen LogP contribution in [0.3, 0.4) is 0 Å². The maximum absolute atomic E-state index is 12.0. The first-order valence-electron chi connectivity index (χ1n) is 7.32. The van der Waals surface area contributed by atoms with Crippen LogP contribution in [0, 0.1) is 0 Å². The summed E-state index contributed by atoms with van der Waals surface area (Å²) in [6, 6.07) is 7.56. The van der Waals surface area contributed by atoms with E-state index in [0.717, 1.165) is 11.0 Å². The number of hydrogen-bond acceptors (Lipinski definition) is 5. The summed E-state index contributed by atoms with van der Waals surface area (Å²) >= 11 is 0. The van der Waals surface area contributed by atoms with Gasteiger partial charge in [-0.15, -0.1) is 0 Å². The van der Waals surface area contributed by atoms with E-state index in [0.29, 0.717) is 25.1 Å². The Morgan fingerprint density at radius 1 is 1.26 bits per heavy atom. The fraction of sp³-hybridized carbons (Fsp3) is 0.294. The van der Waals surface area contributed by atoms with Gasteiger partial charge in [-0.05, 0) is 24.6 Å². The number of methoxy groups -OCH3 is 1. The number of carbonyl (C=O) groups is 2. The normalized spacial score (nSPS) is 10.9. The molecule has 0 saturated carbocycles. The lowest BCUT2D eigenvalue weighted by Crippen LogP contribution is -2.26. The van der Waals surface area contributed by atoms with Crippen LogP contribution in [0.1, 0.15) is 18.5 Å². The first-order valence-corrected chi connectivity index (χ1v) is 7.32. The number of amides is 1. The highest BCUT2D eigenvalue weighted by Gasteiger charge is 2.07. The third-order valence-electron chi connectivity index (χ3n) is 3.34. The number of likely N-dealkylation sites (N-methyl/N-ethyl adjacent to an activating group) is 1. The van der Waals surface area contributed by atoms with Crippen molar-refractivity contribution in [3.05, 3.63) is 42.2 Å². The smallest absolute Gasteiger partial charge is 0.305 e. The standard InChI is InChI=1S/C17H19N3O3/c1-20(11-5-8-17(22)23-2)16(21)10-9-13-12-18-14-6-3-4-7-15(14)19-13/h3-4,6-7,9-10,12H,5,8,11H2,1-2H3/b10-9+. The van der Waals surface area contributed by atoms with Gasteiger partial charge in [0.1, 0.15) is 0 Å². The van der Waals surface area contributed by atoms with Crippen molar-refractivity contribution in [3.8, 4) is 0 Å². The second-order valence-electron chi connectivity index (χ2n) is 5.06. The average Bonchev–Trinajstić information content (AvgIpc) is 2.59. The van der Waals surface area contributed by atoms with Gasteiger partial charge in [0.15, 0.2) is 0 Å². The molecule has 0 fully saturated rings. The van der Waals surface area contributed by atoms with E-state index in [1.54, 1.807) is 24.2 Å². The summed E-state index contributed by atoms with van der Waals surface area (Å²) in [6.45, 7) is 0.488. The van der Waals surface area contributed by atoms with Gasteiger partial charge in [-0.2, -0.15) is 0 Å². The van der Waals surface area contributed by atoms with Crippen molar-refractivity contribution < 1.29 is 14.3 Å². The highest BCUT2D eigenvalue weighted by molar-refractivity contribution is 5.91. The summed E-state index contributed by atoms with van der Waals surface area (Å²) in [5, 5.41) is 0. The molecule has 2 rings (SSSR count). The van der Waals surface area contributed by atoms with Gasteiger partial charge in [0, 0.05) is 26.1 Å². The molecule has 0 atom stereocenters. The van der Waals surface area contributed by atoms with Crippen molar-refractivity contribution in [1.82, 2.24) is 14.9 Å². The minimum Gasteiger partial charge on any atom is -0.469 e. The fourth-order valence-electron chi connectivity index (χ4n) is 2.01. The van der Waals surface area contributed by atoms with Gasteiger partial charge in [-0.1, -0.05) is 12.1 Å². The number of aromatic nitrogens is 2. The Labute approximate surface area is 134 Å². The minimum atomic E-state index is -0.271. The average molecular weight is 313 g/mol. The molecule has 0 unspecified atom stereocenters. The molecule has 2 aromatic rings. The summed E-state index contributed by atoms with van der Waals surface area (Å²) < 4.78 is 4.56. The Balaban J connectivity index is 1.92. The highest BCUT2D eigenvalue weighted by atomic mass is 16.5. The van der Waals surface area contributed by atoms with Crippen molar-refractivity contribution >= 4 is 29.0 Å². The molecular weight excluding hydrogens is 294 g/mol. The zero-order valence-corrected chi connectivity index (χ0v) is 13.2. The van der Waals surface area contributed by atoms with Crippen molar-refractivity contribution in [1.29, 1.82) is 0 Å². The van der Waals surface area contributed by atoms with E-state index in [9.17, 15) is 9.59 Å². The van der Waals surface area contributed by atoms with Gasteiger partial charge in [0.2, 0.25) is 5.91 Å². The second kappa shape index (κ2) is 8.03. The molecule has 23 heavy (non-hydrogen) atoms. The molecule has 1 aromatic carbocycles. The maximum atomic E-state index is 12.0. The second-order valence-corrected chi connectivity index (χ2v) is 5.06. The molecule has 0 aliphatic heterocycles. The van der Waals surface area contributed by atoms with Gasteiger partial charge in [0.25, 0.3) is 0 Å². The van der Waals surface area contributed by atoms with E-state index in [1.807, 2.05) is 24.3 Å². The van der Waals surface area contributed by atoms with Crippen LogP contribution in [0.5, 0.6) is 0 Å². The van der Waals surface area contributed by atoms with Crippen LogP contribution in [-0.4, -0.2) is 47.4 Å². The number of ether oxygens (including phenoxy) is 1. The van der Waals surface area contributed by atoms with Gasteiger partial charge >= 0.3 is 5.97 Å². The topological polar surface area (TPSA) is 72.4 Å². The van der Waals surface area contributed by atoms with Gasteiger partial charge < -0.3 is 9.64 Å². The lowest BCUT2D eigenvalue weighted by molar-refractivity contribution is -0.141. The van der Waals surface area contributed by atoms with Crippen LogP contribution in [0.2, 0.25) is 0 Å². The van der Waals surface area contributed by atoms with Crippen LogP contribution in [-0.2, 0) is 14.3 Å². The molecule has 0 aliphatic rings. The zero-order chi connectivity index (χ0) is 16.7. The molecule has 0 N–H and O–H groups in total. The molecule has 0 saturated heterocycles. The van der Waals surface area contributed by atoms with Gasteiger partial charge in [-0.3, -0.25) is 14.6 Å². The van der Waals surface area contributed by atoms with E-state index >= 15 is 0 Å². The number of rotatable bonds is 6. The summed E-state index contributed by atoms with van der Waals surface area (Å²) in [5.41, 5.74) is 2.23. The molecular formula is C17H19N3O3. The Bertz CT molecular complexity index is 728. The number of hydrogen-bond donors (Lipinski definition) is 0. The van der Waals surface area contributed by atoms with E-state index in [-0.39, 0.29) is 11.9 Å². The monoisotopic (exact) mass is 313 g/mol. The van der Waals surface area contributed by atoms with Crippen molar-refractivity contribution in [3.63, 3.8) is 0 Å². The Hall–Kier alpha value is -2.76. The summed E-state index contributed by atoms with van der Waals surface area (Å²) in [5.74, 6) is -0.419. The summed E-state index contributed by atoms with van der Waals surface area (Å²) in [7, 11) is 3.04. The Kier molecular flexibility index (Phi) is 5.80. The fourth-order valence-corrected chi connectivity index (χ4v) is 2.01. The Morgan fingerprint density at radius 2 is 2.00 bits per heavy atom. The van der Waals surface area contributed by atoms with Crippen LogP contribution in [0.4, 0.5) is 0 Å². The Morgan fingerprint density at radius 3 is 2.74 bits per heavy atom. The lowest BCUT2D eigenvalue weighted by Gasteiger charge is -2.14. The SMILES string of the molecule is COC(=O)CCCN(C)C(=O)/C=C/c1cnc2ccccc2n1. The lowest BCUT2D eigenvalue weighted by atomic mass is 10.2. The summed E-state index contributed by atoms with van der Waals surface area (Å²) in [4.78, 5) is 33.3.